The molecule has 1 aliphatic carbocycles. The second kappa shape index (κ2) is 22.7. The lowest BCUT2D eigenvalue weighted by Gasteiger charge is -2.41. The SMILES string of the molecule is CC[C@H](O[Si](C)(C)C(C)(C)C)[C@@H](C)C1O[C@@H]1C[C@@](C)(O)/C=C/C=C(\C)C1OC(=O)C[C@H](O[Si](C)(C)C(C)(C)C)CC[C@@](C)(O)[C@@H](OC(=O)N2CCN(C3CCCCCC3)CC2)/C=C/[C@@H]1C. The number of ether oxygens (including phenoxy) is 3. The van der Waals surface area contributed by atoms with Gasteiger partial charge in [0.25, 0.3) is 0 Å². The van der Waals surface area contributed by atoms with Crippen molar-refractivity contribution in [2.24, 2.45) is 11.8 Å². The molecule has 65 heavy (non-hydrogen) atoms. The topological polar surface area (TPSA) is 131 Å². The monoisotopic (exact) mass is 947 g/mol. The maximum atomic E-state index is 13.9. The van der Waals surface area contributed by atoms with Crippen LogP contribution >= 0.6 is 0 Å². The van der Waals surface area contributed by atoms with E-state index in [-0.39, 0.29) is 59.0 Å². The van der Waals surface area contributed by atoms with Crippen LogP contribution < -0.4 is 0 Å². The van der Waals surface area contributed by atoms with E-state index in [4.69, 9.17) is 23.1 Å². The summed E-state index contributed by atoms with van der Waals surface area (Å²) in [5.74, 6) is -0.509. The van der Waals surface area contributed by atoms with Gasteiger partial charge < -0.3 is 38.2 Å². The molecule has 3 fully saturated rings. The van der Waals surface area contributed by atoms with Crippen molar-refractivity contribution < 1.29 is 42.9 Å². The van der Waals surface area contributed by atoms with Gasteiger partial charge in [-0.05, 0) is 101 Å². The average Bonchev–Trinajstić information content (AvgIpc) is 4.01. The zero-order valence-electron chi connectivity index (χ0n) is 43.8. The first-order chi connectivity index (χ1) is 30.0. The number of allylic oxidation sites excluding steroid dienone is 2. The summed E-state index contributed by atoms with van der Waals surface area (Å²) in [5, 5.41) is 23.7. The Balaban J connectivity index is 1.51. The molecule has 0 aromatic heterocycles. The highest BCUT2D eigenvalue weighted by Gasteiger charge is 2.50. The van der Waals surface area contributed by atoms with Gasteiger partial charge in [0.05, 0.1) is 30.3 Å². The van der Waals surface area contributed by atoms with Gasteiger partial charge in [-0.1, -0.05) is 112 Å². The molecule has 0 aromatic rings. The van der Waals surface area contributed by atoms with E-state index in [2.05, 4.69) is 86.5 Å². The molecule has 4 rings (SSSR count). The zero-order valence-corrected chi connectivity index (χ0v) is 45.8. The van der Waals surface area contributed by atoms with Crippen LogP contribution in [-0.2, 0) is 27.9 Å². The van der Waals surface area contributed by atoms with Crippen LogP contribution in [0.1, 0.15) is 154 Å². The van der Waals surface area contributed by atoms with E-state index in [0.29, 0.717) is 32.0 Å². The molecule has 2 N–H and O–H groups in total. The number of aliphatic hydroxyl groups is 2. The van der Waals surface area contributed by atoms with Crippen LogP contribution in [0.2, 0.25) is 36.3 Å². The zero-order chi connectivity index (χ0) is 48.8. The Morgan fingerprint density at radius 1 is 0.954 bits per heavy atom. The Labute approximate surface area is 397 Å². The second-order valence-electron chi connectivity index (χ2n) is 23.9. The molecule has 2 unspecified atom stereocenters. The number of hydrogen-bond acceptors (Lipinski definition) is 10. The predicted molar refractivity (Wildman–Crippen MR) is 268 cm³/mol. The maximum absolute atomic E-state index is 13.9. The first kappa shape index (κ1) is 55.7. The summed E-state index contributed by atoms with van der Waals surface area (Å²) < 4.78 is 32.4. The number of amides is 1. The fourth-order valence-corrected chi connectivity index (χ4v) is 12.2. The number of carbonyl (C=O) groups excluding carboxylic acids is 2. The van der Waals surface area contributed by atoms with Crippen LogP contribution in [0.4, 0.5) is 4.79 Å². The van der Waals surface area contributed by atoms with Crippen molar-refractivity contribution in [3.63, 3.8) is 0 Å². The van der Waals surface area contributed by atoms with E-state index in [1.807, 2.05) is 32.1 Å². The summed E-state index contributed by atoms with van der Waals surface area (Å²) >= 11 is 0. The highest BCUT2D eigenvalue weighted by atomic mass is 28.4. The van der Waals surface area contributed by atoms with Gasteiger partial charge in [0.1, 0.15) is 11.7 Å². The third-order valence-electron chi connectivity index (χ3n) is 16.0. The van der Waals surface area contributed by atoms with E-state index < -0.39 is 52.2 Å². The van der Waals surface area contributed by atoms with Crippen LogP contribution in [0.5, 0.6) is 0 Å². The molecule has 0 radical (unpaired) electrons. The predicted octanol–water partition coefficient (Wildman–Crippen LogP) is 11.1. The normalized spacial score (nSPS) is 31.5. The fraction of sp³-hybridized carbons (Fsp3) is 0.846. The Hall–Kier alpha value is -1.85. The number of hydrogen-bond donors (Lipinski definition) is 2. The third kappa shape index (κ3) is 16.1. The minimum absolute atomic E-state index is 0.0274. The molecule has 0 spiro atoms. The van der Waals surface area contributed by atoms with Crippen molar-refractivity contribution in [1.29, 1.82) is 0 Å². The summed E-state index contributed by atoms with van der Waals surface area (Å²) in [6, 6.07) is 0.586. The average molecular weight is 948 g/mol. The third-order valence-corrected chi connectivity index (χ3v) is 25.0. The van der Waals surface area contributed by atoms with Crippen LogP contribution in [0.15, 0.2) is 36.0 Å². The fourth-order valence-electron chi connectivity index (χ4n) is 9.30. The number of carbonyl (C=O) groups is 2. The molecular formula is C52H94N2O9Si2. The number of piperazine rings is 1. The standard InChI is InChI=1S/C52H94N2O9Si2/c1-17-42(63-65(15,16)50(8,9)10)39(4)47-43(59-47)36-51(11,57)29-22-23-37(2)46-38(3)26-27-44(60-48(56)54-33-31-53(32-34-54)40-24-20-18-19-21-25-40)52(12,58)30-28-41(35-45(55)61-46)62-64(13,14)49(5,6)7/h22-23,26-27,29,38-44,46-47,57-58H,17-21,24-25,28,30-36H2,1-16H3/b27-26+,29-22+,37-23+/t38-,39+,41+,42-,43+,44-,46?,47?,51-,52+/m0/s1. The molecule has 374 valence electrons. The first-order valence-corrected chi connectivity index (χ1v) is 31.2. The molecular weight excluding hydrogens is 853 g/mol. The lowest BCUT2D eigenvalue weighted by Crippen LogP contribution is -2.53. The molecule has 1 saturated carbocycles. The van der Waals surface area contributed by atoms with Crippen molar-refractivity contribution in [3.05, 3.63) is 36.0 Å². The Bertz CT molecular complexity index is 1630. The summed E-state index contributed by atoms with van der Waals surface area (Å²) in [6.07, 6.45) is 16.4. The molecule has 3 aliphatic heterocycles. The summed E-state index contributed by atoms with van der Waals surface area (Å²) in [6.45, 7) is 36.8. The van der Waals surface area contributed by atoms with Crippen molar-refractivity contribution in [1.82, 2.24) is 9.80 Å². The smallest absolute Gasteiger partial charge is 0.410 e. The lowest BCUT2D eigenvalue weighted by atomic mass is 9.88. The van der Waals surface area contributed by atoms with Crippen LogP contribution in [0.3, 0.4) is 0 Å². The van der Waals surface area contributed by atoms with Crippen LogP contribution in [0, 0.1) is 11.8 Å². The number of epoxide rings is 1. The number of cyclic esters (lactones) is 1. The summed E-state index contributed by atoms with van der Waals surface area (Å²) in [7, 11) is -4.29. The van der Waals surface area contributed by atoms with Crippen LogP contribution in [-0.4, -0.2) is 129 Å². The summed E-state index contributed by atoms with van der Waals surface area (Å²) in [4.78, 5) is 32.1. The second-order valence-corrected chi connectivity index (χ2v) is 33.4. The lowest BCUT2D eigenvalue weighted by molar-refractivity contribution is -0.151. The highest BCUT2D eigenvalue weighted by Crippen LogP contribution is 2.43. The number of rotatable bonds is 14. The van der Waals surface area contributed by atoms with Gasteiger partial charge in [-0.15, -0.1) is 0 Å². The van der Waals surface area contributed by atoms with Gasteiger partial charge >= 0.3 is 12.1 Å². The molecule has 0 bridgehead atoms. The van der Waals surface area contributed by atoms with Gasteiger partial charge in [-0.3, -0.25) is 9.69 Å². The van der Waals surface area contributed by atoms with Crippen molar-refractivity contribution >= 4 is 28.7 Å². The largest absolute Gasteiger partial charge is 0.457 e. The first-order valence-electron chi connectivity index (χ1n) is 25.4. The van der Waals surface area contributed by atoms with E-state index in [1.165, 1.54) is 38.5 Å². The van der Waals surface area contributed by atoms with E-state index in [9.17, 15) is 19.8 Å². The van der Waals surface area contributed by atoms with E-state index >= 15 is 0 Å². The molecule has 10 atom stereocenters. The maximum Gasteiger partial charge on any atom is 0.410 e. The molecule has 13 heteroatoms. The van der Waals surface area contributed by atoms with Crippen molar-refractivity contribution in [2.45, 2.75) is 244 Å². The molecule has 4 aliphatic rings. The van der Waals surface area contributed by atoms with Crippen molar-refractivity contribution in [2.75, 3.05) is 26.2 Å². The van der Waals surface area contributed by atoms with Crippen molar-refractivity contribution in [3.8, 4) is 0 Å². The number of esters is 1. The van der Waals surface area contributed by atoms with Gasteiger partial charge in [-0.25, -0.2) is 4.79 Å². The Kier molecular flexibility index (Phi) is 19.5. The van der Waals surface area contributed by atoms with E-state index in [0.717, 1.165) is 25.1 Å². The molecule has 0 aromatic carbocycles. The van der Waals surface area contributed by atoms with Crippen LogP contribution in [0.25, 0.3) is 0 Å². The van der Waals surface area contributed by atoms with Gasteiger partial charge in [0.15, 0.2) is 22.7 Å². The summed E-state index contributed by atoms with van der Waals surface area (Å²) in [5.41, 5.74) is -1.78. The molecule has 2 saturated heterocycles. The quantitative estimate of drug-likeness (QED) is 0.0433. The van der Waals surface area contributed by atoms with Gasteiger partial charge in [-0.2, -0.15) is 0 Å². The van der Waals surface area contributed by atoms with E-state index in [1.54, 1.807) is 30.9 Å². The molecule has 3 heterocycles. The highest BCUT2D eigenvalue weighted by molar-refractivity contribution is 6.74. The van der Waals surface area contributed by atoms with Gasteiger partial charge in [0, 0.05) is 56.6 Å². The minimum Gasteiger partial charge on any atom is -0.457 e. The van der Waals surface area contributed by atoms with Gasteiger partial charge in [0.2, 0.25) is 0 Å². The molecule has 1 amide bonds. The minimum atomic E-state index is -2.33. The Morgan fingerprint density at radius 3 is 2.12 bits per heavy atom. The Morgan fingerprint density at radius 2 is 1.55 bits per heavy atom. The molecule has 11 nitrogen and oxygen atoms in total. The number of nitrogens with zero attached hydrogens (tertiary/aromatic N) is 2.